The zero-order chi connectivity index (χ0) is 38.2. The van der Waals surface area contributed by atoms with Crippen molar-refractivity contribution in [2.75, 3.05) is 50.5 Å². The number of hydrogen-bond acceptors (Lipinski definition) is 12. The van der Waals surface area contributed by atoms with Crippen molar-refractivity contribution in [3.05, 3.63) is 46.1 Å². The number of likely N-dealkylation sites (N-methyl/N-ethyl adjacent to an activating group) is 1. The molecule has 18 heteroatoms. The fourth-order valence-electron chi connectivity index (χ4n) is 6.88. The average Bonchev–Trinajstić information content (AvgIpc) is 3.50. The van der Waals surface area contributed by atoms with Crippen molar-refractivity contribution in [3.8, 4) is 17.3 Å². The van der Waals surface area contributed by atoms with Crippen molar-refractivity contribution in [2.24, 2.45) is 0 Å². The van der Waals surface area contributed by atoms with Gasteiger partial charge in [-0.2, -0.15) is 23.1 Å². The molecule has 2 saturated heterocycles. The molecule has 0 aliphatic carbocycles. The normalized spacial score (nSPS) is 21.6. The topological polar surface area (TPSA) is 153 Å². The number of halogens is 5. The van der Waals surface area contributed by atoms with Crippen LogP contribution in [0.2, 0.25) is 5.02 Å². The van der Waals surface area contributed by atoms with E-state index in [4.69, 9.17) is 31.5 Å². The summed E-state index contributed by atoms with van der Waals surface area (Å²) in [6.07, 6.45) is -1.32. The second-order valence-corrected chi connectivity index (χ2v) is 13.8. The largest absolute Gasteiger partial charge is 0.462 e. The summed E-state index contributed by atoms with van der Waals surface area (Å²) in [5.74, 6) is -3.59. The number of aromatic nitrogens is 3. The number of likely N-dealkylation sites (tertiary alicyclic amines) is 1. The van der Waals surface area contributed by atoms with Crippen LogP contribution in [0.1, 0.15) is 56.6 Å². The Balaban J connectivity index is 1.39. The van der Waals surface area contributed by atoms with Gasteiger partial charge in [0.05, 0.1) is 21.8 Å². The lowest BCUT2D eigenvalue weighted by Gasteiger charge is -2.41. The van der Waals surface area contributed by atoms with Gasteiger partial charge in [0.15, 0.2) is 5.82 Å². The number of aryl methyl sites for hydroxylation is 1. The van der Waals surface area contributed by atoms with Gasteiger partial charge >= 0.3 is 24.1 Å². The molecule has 13 nitrogen and oxygen atoms in total. The molecule has 0 bridgehead atoms. The Morgan fingerprint density at radius 2 is 1.81 bits per heavy atom. The highest BCUT2D eigenvalue weighted by Gasteiger charge is 2.39. The number of rotatable bonds is 6. The Morgan fingerprint density at radius 1 is 1.08 bits per heavy atom. The van der Waals surface area contributed by atoms with Gasteiger partial charge in [0.2, 0.25) is 5.76 Å². The quantitative estimate of drug-likeness (QED) is 0.253. The number of nitrogen functional groups attached to an aromatic ring is 1. The molecule has 0 saturated carbocycles. The first kappa shape index (κ1) is 38.0. The predicted molar refractivity (Wildman–Crippen MR) is 185 cm³/mol. The lowest BCUT2D eigenvalue weighted by Crippen LogP contribution is -2.54. The van der Waals surface area contributed by atoms with Gasteiger partial charge in [0.25, 0.3) is 5.91 Å². The van der Waals surface area contributed by atoms with E-state index < -0.39 is 58.5 Å². The maximum Gasteiger partial charge on any atom is 0.418 e. The van der Waals surface area contributed by atoms with E-state index in [1.165, 1.54) is 17.9 Å². The minimum Gasteiger partial charge on any atom is -0.462 e. The van der Waals surface area contributed by atoms with Crippen molar-refractivity contribution in [2.45, 2.75) is 70.6 Å². The van der Waals surface area contributed by atoms with E-state index in [0.29, 0.717) is 12.8 Å². The summed E-state index contributed by atoms with van der Waals surface area (Å²) in [5.41, 5.74) is 2.61. The van der Waals surface area contributed by atoms with Gasteiger partial charge in [0.1, 0.15) is 30.0 Å². The van der Waals surface area contributed by atoms with Crippen molar-refractivity contribution in [3.63, 3.8) is 0 Å². The van der Waals surface area contributed by atoms with Crippen LogP contribution in [0.15, 0.2) is 24.2 Å². The molecule has 2 atom stereocenters. The number of piperazine rings is 1. The lowest BCUT2D eigenvalue weighted by atomic mass is 9.99. The van der Waals surface area contributed by atoms with Crippen LogP contribution in [0.5, 0.6) is 6.01 Å². The number of pyridine rings is 1. The molecule has 1 amide bonds. The Bertz CT molecular complexity index is 1980. The summed E-state index contributed by atoms with van der Waals surface area (Å²) >= 11 is 6.60. The number of cyclic esters (lactones) is 2. The lowest BCUT2D eigenvalue weighted by molar-refractivity contribution is -0.148. The number of alkyl halides is 3. The van der Waals surface area contributed by atoms with Gasteiger partial charge in [-0.1, -0.05) is 11.6 Å². The molecular formula is C35H38ClF4N7O6. The molecule has 3 aliphatic rings. The van der Waals surface area contributed by atoms with Crippen LogP contribution >= 0.6 is 11.6 Å². The number of fused-ring (bicyclic) bond motifs is 1. The monoisotopic (exact) mass is 763 g/mol. The summed E-state index contributed by atoms with van der Waals surface area (Å²) in [6, 6.07) is 1.65. The highest BCUT2D eigenvalue weighted by atomic mass is 35.5. The van der Waals surface area contributed by atoms with Crippen LogP contribution in [-0.4, -0.2) is 94.5 Å². The molecule has 1 aromatic carbocycles. The second kappa shape index (κ2) is 15.3. The van der Waals surface area contributed by atoms with Crippen LogP contribution in [0.4, 0.5) is 29.2 Å². The Hall–Kier alpha value is -4.77. The molecule has 0 spiro atoms. The second-order valence-electron chi connectivity index (χ2n) is 13.4. The molecule has 53 heavy (non-hydrogen) atoms. The third-order valence-corrected chi connectivity index (χ3v) is 9.90. The fourth-order valence-corrected chi connectivity index (χ4v) is 7.16. The molecule has 2 aromatic heterocycles. The van der Waals surface area contributed by atoms with Gasteiger partial charge in [-0.15, -0.1) is 0 Å². The molecule has 0 radical (unpaired) electrons. The van der Waals surface area contributed by atoms with Gasteiger partial charge in [0, 0.05) is 49.9 Å². The first-order valence-electron chi connectivity index (χ1n) is 17.2. The highest BCUT2D eigenvalue weighted by Crippen LogP contribution is 2.45. The molecule has 2 N–H and O–H groups in total. The number of carbonyl (C=O) groups excluding carboxylic acids is 3. The zero-order valence-corrected chi connectivity index (χ0v) is 30.0. The van der Waals surface area contributed by atoms with Crippen LogP contribution in [-0.2, 0) is 30.0 Å². The molecule has 3 aromatic rings. The summed E-state index contributed by atoms with van der Waals surface area (Å²) < 4.78 is 76.1. The summed E-state index contributed by atoms with van der Waals surface area (Å²) in [6.45, 7) is 4.26. The first-order valence-corrected chi connectivity index (χ1v) is 17.5. The molecule has 0 unspecified atom stereocenters. The van der Waals surface area contributed by atoms with E-state index in [2.05, 4.69) is 19.9 Å². The Morgan fingerprint density at radius 3 is 2.49 bits per heavy atom. The van der Waals surface area contributed by atoms with Crippen molar-refractivity contribution < 1.29 is 46.2 Å². The predicted octanol–water partition coefficient (Wildman–Crippen LogP) is 5.41. The number of nitrogens with two attached hydrogens (primary N) is 1. The van der Waals surface area contributed by atoms with E-state index in [9.17, 15) is 27.6 Å². The number of esters is 2. The van der Waals surface area contributed by atoms with Crippen LogP contribution < -0.4 is 15.4 Å². The maximum absolute atomic E-state index is 16.8. The van der Waals surface area contributed by atoms with Gasteiger partial charge in [-0.25, -0.2) is 9.37 Å². The van der Waals surface area contributed by atoms with Crippen molar-refractivity contribution in [1.82, 2.24) is 24.8 Å². The summed E-state index contributed by atoms with van der Waals surface area (Å²) in [5, 5.41) is -0.303. The number of benzene rings is 1. The summed E-state index contributed by atoms with van der Waals surface area (Å²) in [7, 11) is 1.95. The minimum absolute atomic E-state index is 0.0238. The molecule has 5 heterocycles. The van der Waals surface area contributed by atoms with Crippen LogP contribution in [0.25, 0.3) is 22.2 Å². The average molecular weight is 764 g/mol. The molecular weight excluding hydrogens is 726 g/mol. The van der Waals surface area contributed by atoms with Crippen LogP contribution in [0, 0.1) is 12.7 Å². The molecule has 6 rings (SSSR count). The minimum atomic E-state index is -4.92. The standard InChI is InChI=1S/C35H38ClF4N7O6/c1-18-13-24(41)42-31(28(18)35(38,39)40)27-22(36)14-21-30(29(27)37)43-34(52-16-20-7-6-10-45(20)3)44-32(21)47-12-11-46(15-19(47)2)33(50)23-17-51-25(48)8-4-5-9-26(49)53-23/h13-14,17,19-20H,4-12,15-16H2,1-3H3,(H2,41,42)/b23-17+/t19-,20-/m0/s1. The third-order valence-electron chi connectivity index (χ3n) is 9.61. The van der Waals surface area contributed by atoms with Crippen molar-refractivity contribution in [1.29, 1.82) is 0 Å². The number of hydrogen-bond donors (Lipinski definition) is 1. The maximum atomic E-state index is 16.8. The van der Waals surface area contributed by atoms with E-state index in [0.717, 1.165) is 31.7 Å². The molecule has 2 fully saturated rings. The van der Waals surface area contributed by atoms with E-state index in [1.54, 1.807) is 11.8 Å². The van der Waals surface area contributed by atoms with Crippen LogP contribution in [0.3, 0.4) is 0 Å². The van der Waals surface area contributed by atoms with E-state index >= 15 is 4.39 Å². The number of carbonyl (C=O) groups is 3. The van der Waals surface area contributed by atoms with E-state index in [1.807, 2.05) is 7.05 Å². The fraction of sp³-hybridized carbons (Fsp3) is 0.486. The number of anilines is 2. The van der Waals surface area contributed by atoms with Crippen molar-refractivity contribution >= 4 is 52.0 Å². The summed E-state index contributed by atoms with van der Waals surface area (Å²) in [4.78, 5) is 56.1. The SMILES string of the molecule is Cc1cc(N)nc(-c2c(Cl)cc3c(N4CCN(C(=O)/C5=C\OC(=O)CCCCC(=O)O5)C[C@@H]4C)nc(OC[C@@H]4CCCN4C)nc3c2F)c1C(F)(F)F. The molecule has 3 aliphatic heterocycles. The van der Waals surface area contributed by atoms with Gasteiger partial charge < -0.3 is 34.6 Å². The Kier molecular flexibility index (Phi) is 11.0. The number of ether oxygens (including phenoxy) is 3. The van der Waals surface area contributed by atoms with E-state index in [-0.39, 0.29) is 84.3 Å². The highest BCUT2D eigenvalue weighted by molar-refractivity contribution is 6.34. The number of amides is 1. The van der Waals surface area contributed by atoms with Gasteiger partial charge in [-0.3, -0.25) is 14.4 Å². The zero-order valence-electron chi connectivity index (χ0n) is 29.3. The molecule has 284 valence electrons. The smallest absolute Gasteiger partial charge is 0.418 e. The first-order chi connectivity index (χ1) is 25.1. The number of nitrogens with zero attached hydrogens (tertiary/aromatic N) is 6. The third kappa shape index (κ3) is 8.10. The van der Waals surface area contributed by atoms with Gasteiger partial charge in [-0.05, 0) is 70.8 Å². The Labute approximate surface area is 307 Å².